The maximum atomic E-state index is 4.13. The molecule has 4 nitrogen and oxygen atoms in total. The van der Waals surface area contributed by atoms with E-state index in [2.05, 4.69) is 55.8 Å². The van der Waals surface area contributed by atoms with Gasteiger partial charge >= 0.3 is 0 Å². The van der Waals surface area contributed by atoms with Crippen molar-refractivity contribution in [1.82, 2.24) is 20.3 Å². The summed E-state index contributed by atoms with van der Waals surface area (Å²) < 4.78 is 2.85. The first-order chi connectivity index (χ1) is 9.17. The first kappa shape index (κ1) is 14.6. The monoisotopic (exact) mass is 340 g/mol. The summed E-state index contributed by atoms with van der Waals surface area (Å²) in [6.07, 6.45) is 2.86. The molecule has 0 aliphatic heterocycles. The van der Waals surface area contributed by atoms with Gasteiger partial charge in [-0.25, -0.2) is 0 Å². The van der Waals surface area contributed by atoms with Gasteiger partial charge in [-0.1, -0.05) is 21.1 Å². The van der Waals surface area contributed by atoms with Crippen LogP contribution in [-0.4, -0.2) is 33.8 Å². The summed E-state index contributed by atoms with van der Waals surface area (Å²) in [5.74, 6) is 1.01. The molecule has 2 rings (SSSR count). The molecule has 1 N–H and O–H groups in total. The second-order valence-electron chi connectivity index (χ2n) is 4.34. The van der Waals surface area contributed by atoms with Crippen molar-refractivity contribution in [3.8, 4) is 0 Å². The van der Waals surface area contributed by atoms with E-state index >= 15 is 0 Å². The maximum absolute atomic E-state index is 4.13. The summed E-state index contributed by atoms with van der Waals surface area (Å²) >= 11 is 5.30. The van der Waals surface area contributed by atoms with Crippen LogP contribution >= 0.6 is 27.7 Å². The molecule has 0 aliphatic carbocycles. The van der Waals surface area contributed by atoms with Crippen LogP contribution in [0, 0.1) is 0 Å². The smallest absolute Gasteiger partial charge is 0.0842 e. The Bertz CT molecular complexity index is 512. The molecule has 102 valence electrons. The van der Waals surface area contributed by atoms with E-state index < -0.39 is 0 Å². The number of thioether (sulfide) groups is 1. The molecule has 2 aromatic rings. The van der Waals surface area contributed by atoms with Crippen LogP contribution in [0.25, 0.3) is 0 Å². The van der Waals surface area contributed by atoms with E-state index in [9.17, 15) is 0 Å². The summed E-state index contributed by atoms with van der Waals surface area (Å²) in [5.41, 5.74) is 1.03. The van der Waals surface area contributed by atoms with Crippen molar-refractivity contribution in [3.63, 3.8) is 0 Å². The zero-order valence-corrected chi connectivity index (χ0v) is 13.4. The summed E-state index contributed by atoms with van der Waals surface area (Å²) in [7, 11) is 3.88. The standard InChI is InChI=1S/C13H17BrN4S/c1-15-12(7-11-8-18(2)17-16-11)9-19-13-5-3-10(14)4-6-13/h3-6,8,12,15H,7,9H2,1-2H3. The lowest BCUT2D eigenvalue weighted by molar-refractivity contribution is 0.607. The molecule has 0 radical (unpaired) electrons. The number of hydrogen-bond acceptors (Lipinski definition) is 4. The minimum absolute atomic E-state index is 0.394. The van der Waals surface area contributed by atoms with Crippen LogP contribution in [-0.2, 0) is 13.5 Å². The van der Waals surface area contributed by atoms with Gasteiger partial charge in [0.15, 0.2) is 0 Å². The minimum atomic E-state index is 0.394. The Kier molecular flexibility index (Phi) is 5.42. The van der Waals surface area contributed by atoms with E-state index in [1.165, 1.54) is 4.90 Å². The number of nitrogens with one attached hydrogen (secondary N) is 1. The lowest BCUT2D eigenvalue weighted by atomic mass is 10.2. The molecular weight excluding hydrogens is 324 g/mol. The normalized spacial score (nSPS) is 12.6. The fraction of sp³-hybridized carbons (Fsp3) is 0.385. The fourth-order valence-electron chi connectivity index (χ4n) is 1.71. The molecule has 1 aromatic carbocycles. The van der Waals surface area contributed by atoms with Crippen LogP contribution < -0.4 is 5.32 Å². The number of halogens is 1. The third kappa shape index (κ3) is 4.63. The highest BCUT2D eigenvalue weighted by Gasteiger charge is 2.10. The van der Waals surface area contributed by atoms with Gasteiger partial charge < -0.3 is 5.32 Å². The molecule has 6 heteroatoms. The summed E-state index contributed by atoms with van der Waals surface area (Å²) in [6, 6.07) is 8.79. The van der Waals surface area contributed by atoms with Crippen molar-refractivity contribution >= 4 is 27.7 Å². The van der Waals surface area contributed by atoms with Crippen molar-refractivity contribution in [2.75, 3.05) is 12.8 Å². The van der Waals surface area contributed by atoms with Crippen molar-refractivity contribution in [3.05, 3.63) is 40.6 Å². The van der Waals surface area contributed by atoms with E-state index in [-0.39, 0.29) is 0 Å². The van der Waals surface area contributed by atoms with Crippen LogP contribution in [0.2, 0.25) is 0 Å². The number of aryl methyl sites for hydroxylation is 1. The van der Waals surface area contributed by atoms with Gasteiger partial charge in [0.05, 0.1) is 5.69 Å². The molecule has 19 heavy (non-hydrogen) atoms. The lowest BCUT2D eigenvalue weighted by Gasteiger charge is -2.14. The first-order valence-corrected chi connectivity index (χ1v) is 7.86. The van der Waals surface area contributed by atoms with E-state index in [0.29, 0.717) is 6.04 Å². The highest BCUT2D eigenvalue weighted by molar-refractivity contribution is 9.10. The van der Waals surface area contributed by atoms with Crippen LogP contribution in [0.15, 0.2) is 39.8 Å². The van der Waals surface area contributed by atoms with Crippen molar-refractivity contribution < 1.29 is 0 Å². The van der Waals surface area contributed by atoms with E-state index in [1.54, 1.807) is 4.68 Å². The number of rotatable bonds is 6. The highest BCUT2D eigenvalue weighted by atomic mass is 79.9. The second kappa shape index (κ2) is 7.07. The quantitative estimate of drug-likeness (QED) is 0.820. The molecule has 1 heterocycles. The Balaban J connectivity index is 1.87. The molecule has 0 spiro atoms. The Morgan fingerprint density at radius 2 is 2.11 bits per heavy atom. The zero-order chi connectivity index (χ0) is 13.7. The lowest BCUT2D eigenvalue weighted by Crippen LogP contribution is -2.30. The van der Waals surface area contributed by atoms with Gasteiger partial charge in [-0.3, -0.25) is 4.68 Å². The second-order valence-corrected chi connectivity index (χ2v) is 6.35. The number of aromatic nitrogens is 3. The van der Waals surface area contributed by atoms with Crippen molar-refractivity contribution in [2.24, 2.45) is 7.05 Å². The molecule has 0 amide bonds. The molecule has 0 saturated heterocycles. The predicted molar refractivity (Wildman–Crippen MR) is 82.4 cm³/mol. The third-order valence-corrected chi connectivity index (χ3v) is 4.48. The van der Waals surface area contributed by atoms with Gasteiger partial charge in [-0.15, -0.1) is 16.9 Å². The van der Waals surface area contributed by atoms with Crippen molar-refractivity contribution in [1.29, 1.82) is 0 Å². The van der Waals surface area contributed by atoms with E-state index in [0.717, 1.165) is 22.3 Å². The summed E-state index contributed by atoms with van der Waals surface area (Å²) in [6.45, 7) is 0. The predicted octanol–water partition coefficient (Wildman–Crippen LogP) is 2.50. The Morgan fingerprint density at radius 1 is 1.37 bits per heavy atom. The van der Waals surface area contributed by atoms with Crippen LogP contribution in [0.1, 0.15) is 5.69 Å². The number of hydrogen-bond donors (Lipinski definition) is 1. The number of likely N-dealkylation sites (N-methyl/N-ethyl adjacent to an activating group) is 1. The number of nitrogens with zero attached hydrogens (tertiary/aromatic N) is 3. The molecule has 0 saturated carbocycles. The topological polar surface area (TPSA) is 42.7 Å². The highest BCUT2D eigenvalue weighted by Crippen LogP contribution is 2.21. The molecule has 1 aromatic heterocycles. The van der Waals surface area contributed by atoms with Gasteiger partial charge in [0.2, 0.25) is 0 Å². The maximum Gasteiger partial charge on any atom is 0.0842 e. The average molecular weight is 341 g/mol. The van der Waals surface area contributed by atoms with Gasteiger partial charge in [-0.2, -0.15) is 0 Å². The van der Waals surface area contributed by atoms with Crippen molar-refractivity contribution in [2.45, 2.75) is 17.4 Å². The van der Waals surface area contributed by atoms with Gasteiger partial charge in [0.25, 0.3) is 0 Å². The van der Waals surface area contributed by atoms with Gasteiger partial charge in [0, 0.05) is 40.8 Å². The van der Waals surface area contributed by atoms with Gasteiger partial charge in [-0.05, 0) is 31.3 Å². The summed E-state index contributed by atoms with van der Waals surface area (Å²) in [4.78, 5) is 1.28. The Labute approximate surface area is 126 Å². The zero-order valence-electron chi connectivity index (χ0n) is 11.0. The Hall–Kier alpha value is -0.850. The minimum Gasteiger partial charge on any atom is -0.316 e. The molecule has 0 bridgehead atoms. The van der Waals surface area contributed by atoms with E-state index in [4.69, 9.17) is 0 Å². The third-order valence-electron chi connectivity index (χ3n) is 2.78. The van der Waals surface area contributed by atoms with Gasteiger partial charge in [0.1, 0.15) is 0 Å². The molecule has 1 atom stereocenters. The molecule has 0 aliphatic rings. The molecular formula is C13H17BrN4S. The SMILES string of the molecule is CNC(CSc1ccc(Br)cc1)Cc1cn(C)nn1. The number of benzene rings is 1. The van der Waals surface area contributed by atoms with Crippen LogP contribution in [0.3, 0.4) is 0 Å². The Morgan fingerprint density at radius 3 is 2.68 bits per heavy atom. The first-order valence-electron chi connectivity index (χ1n) is 6.08. The largest absolute Gasteiger partial charge is 0.316 e. The fourth-order valence-corrected chi connectivity index (χ4v) is 2.98. The molecule has 0 fully saturated rings. The average Bonchev–Trinajstić information content (AvgIpc) is 2.82. The molecule has 1 unspecified atom stereocenters. The van der Waals surface area contributed by atoms with E-state index in [1.807, 2.05) is 32.1 Å². The summed E-state index contributed by atoms with van der Waals surface area (Å²) in [5, 5.41) is 11.4. The van der Waals surface area contributed by atoms with Crippen LogP contribution in [0.4, 0.5) is 0 Å². The van der Waals surface area contributed by atoms with Crippen LogP contribution in [0.5, 0.6) is 0 Å².